The summed E-state index contributed by atoms with van der Waals surface area (Å²) in [6.07, 6.45) is 2.86. The fourth-order valence-corrected chi connectivity index (χ4v) is 2.61. The Labute approximate surface area is 120 Å². The second kappa shape index (κ2) is 6.22. The van der Waals surface area contributed by atoms with Gasteiger partial charge in [0.05, 0.1) is 5.69 Å². The Bertz CT molecular complexity index is 501. The van der Waals surface area contributed by atoms with E-state index in [-0.39, 0.29) is 5.91 Å². The second-order valence-electron chi connectivity index (χ2n) is 5.56. The fraction of sp³-hybridized carbons (Fsp3) is 0.600. The molecule has 20 heavy (non-hydrogen) atoms. The summed E-state index contributed by atoms with van der Waals surface area (Å²) in [4.78, 5) is 20.2. The van der Waals surface area contributed by atoms with Crippen LogP contribution in [0, 0.1) is 13.8 Å². The first-order valence-electron chi connectivity index (χ1n) is 7.17. The lowest BCUT2D eigenvalue weighted by Crippen LogP contribution is -2.33. The van der Waals surface area contributed by atoms with Crippen LogP contribution in [0.4, 0.5) is 5.69 Å². The number of nitrogens with zero attached hydrogens (tertiary/aromatic N) is 3. The Kier molecular flexibility index (Phi) is 4.60. The summed E-state index contributed by atoms with van der Waals surface area (Å²) in [6.45, 7) is 10.0. The third kappa shape index (κ3) is 3.28. The monoisotopic (exact) mass is 276 g/mol. The average Bonchev–Trinajstić information content (AvgIpc) is 2.65. The molecule has 0 unspecified atom stereocenters. The van der Waals surface area contributed by atoms with Gasteiger partial charge < -0.3 is 10.6 Å². The Morgan fingerprint density at radius 3 is 2.75 bits per heavy atom. The van der Waals surface area contributed by atoms with Gasteiger partial charge in [-0.15, -0.1) is 0 Å². The topological polar surface area (TPSA) is 62.5 Å². The van der Waals surface area contributed by atoms with Gasteiger partial charge in [0.2, 0.25) is 5.91 Å². The molecule has 1 aliphatic heterocycles. The van der Waals surface area contributed by atoms with Gasteiger partial charge in [0.15, 0.2) is 0 Å². The van der Waals surface area contributed by atoms with Crippen molar-refractivity contribution in [1.82, 2.24) is 14.8 Å². The van der Waals surface area contributed by atoms with Gasteiger partial charge in [0.25, 0.3) is 0 Å². The van der Waals surface area contributed by atoms with Crippen LogP contribution in [0.3, 0.4) is 0 Å². The molecule has 5 nitrogen and oxygen atoms in total. The van der Waals surface area contributed by atoms with Crippen LogP contribution in [0.15, 0.2) is 6.20 Å². The number of carbonyl (C=O) groups excluding carboxylic acids is 1. The smallest absolute Gasteiger partial charge is 0.219 e. The number of aromatic nitrogens is 1. The maximum atomic E-state index is 11.4. The van der Waals surface area contributed by atoms with Crippen LogP contribution >= 0.6 is 0 Å². The number of amides is 1. The van der Waals surface area contributed by atoms with Crippen molar-refractivity contribution in [2.45, 2.75) is 33.7 Å². The maximum absolute atomic E-state index is 11.4. The zero-order valence-electron chi connectivity index (χ0n) is 12.6. The Hall–Kier alpha value is -1.62. The minimum Gasteiger partial charge on any atom is -0.398 e. The summed E-state index contributed by atoms with van der Waals surface area (Å²) in [7, 11) is 0. The highest BCUT2D eigenvalue weighted by molar-refractivity contribution is 5.73. The second-order valence-corrected chi connectivity index (χ2v) is 5.56. The molecule has 0 bridgehead atoms. The van der Waals surface area contributed by atoms with Crippen molar-refractivity contribution in [3.63, 3.8) is 0 Å². The van der Waals surface area contributed by atoms with E-state index in [4.69, 9.17) is 5.73 Å². The summed E-state index contributed by atoms with van der Waals surface area (Å²) < 4.78 is 0. The molecule has 1 aliphatic rings. The van der Waals surface area contributed by atoms with Crippen molar-refractivity contribution in [2.75, 3.05) is 31.9 Å². The van der Waals surface area contributed by atoms with E-state index in [1.54, 1.807) is 6.92 Å². The summed E-state index contributed by atoms with van der Waals surface area (Å²) in [5.74, 6) is 0.167. The van der Waals surface area contributed by atoms with Crippen LogP contribution < -0.4 is 5.73 Å². The minimum absolute atomic E-state index is 0.167. The predicted octanol–water partition coefficient (Wildman–Crippen LogP) is 1.33. The molecule has 0 saturated carbocycles. The number of carbonyl (C=O) groups is 1. The van der Waals surface area contributed by atoms with Crippen molar-refractivity contribution in [2.24, 2.45) is 0 Å². The molecule has 0 aromatic carbocycles. The van der Waals surface area contributed by atoms with Crippen LogP contribution in [0.25, 0.3) is 0 Å². The number of nitrogen functional groups attached to an aromatic ring is 1. The molecule has 1 fully saturated rings. The average molecular weight is 276 g/mol. The number of nitrogens with two attached hydrogens (primary N) is 1. The zero-order valence-corrected chi connectivity index (χ0v) is 12.6. The van der Waals surface area contributed by atoms with Crippen LogP contribution in [-0.2, 0) is 11.3 Å². The molecule has 110 valence electrons. The van der Waals surface area contributed by atoms with Gasteiger partial charge in [-0.25, -0.2) is 0 Å². The van der Waals surface area contributed by atoms with Crippen LogP contribution in [0.5, 0.6) is 0 Å². The number of hydrogen-bond acceptors (Lipinski definition) is 4. The van der Waals surface area contributed by atoms with Crippen molar-refractivity contribution in [3.05, 3.63) is 23.0 Å². The molecule has 1 aromatic heterocycles. The highest BCUT2D eigenvalue weighted by Crippen LogP contribution is 2.19. The number of aryl methyl sites for hydroxylation is 1. The number of hydrogen-bond donors (Lipinski definition) is 1. The highest BCUT2D eigenvalue weighted by atomic mass is 16.2. The number of anilines is 1. The van der Waals surface area contributed by atoms with Gasteiger partial charge >= 0.3 is 0 Å². The van der Waals surface area contributed by atoms with Gasteiger partial charge in [-0.1, -0.05) is 0 Å². The van der Waals surface area contributed by atoms with E-state index >= 15 is 0 Å². The first kappa shape index (κ1) is 14.8. The van der Waals surface area contributed by atoms with Gasteiger partial charge in [0.1, 0.15) is 0 Å². The molecule has 2 N–H and O–H groups in total. The lowest BCUT2D eigenvalue weighted by Gasteiger charge is -2.22. The van der Waals surface area contributed by atoms with Crippen molar-refractivity contribution in [3.8, 4) is 0 Å². The van der Waals surface area contributed by atoms with E-state index in [0.29, 0.717) is 0 Å². The van der Waals surface area contributed by atoms with E-state index in [2.05, 4.69) is 9.88 Å². The van der Waals surface area contributed by atoms with E-state index in [1.807, 2.05) is 24.9 Å². The van der Waals surface area contributed by atoms with Crippen molar-refractivity contribution in [1.29, 1.82) is 0 Å². The molecule has 0 aliphatic carbocycles. The summed E-state index contributed by atoms with van der Waals surface area (Å²) in [5.41, 5.74) is 10.1. The normalized spacial score (nSPS) is 17.1. The molecule has 1 amide bonds. The third-order valence-corrected chi connectivity index (χ3v) is 4.08. The number of rotatable bonds is 2. The van der Waals surface area contributed by atoms with E-state index in [1.165, 1.54) is 0 Å². The molecular weight excluding hydrogens is 252 g/mol. The Morgan fingerprint density at radius 1 is 1.30 bits per heavy atom. The van der Waals surface area contributed by atoms with Crippen LogP contribution in [0.2, 0.25) is 0 Å². The SMILES string of the molecule is CC(=O)N1CCCN(Cc2ncc(C)c(N)c2C)CC1. The minimum atomic E-state index is 0.167. The fourth-order valence-electron chi connectivity index (χ4n) is 2.61. The summed E-state index contributed by atoms with van der Waals surface area (Å²) in [5, 5.41) is 0. The van der Waals surface area contributed by atoms with Gasteiger partial charge in [-0.3, -0.25) is 14.7 Å². The van der Waals surface area contributed by atoms with E-state index in [0.717, 1.165) is 61.7 Å². The van der Waals surface area contributed by atoms with E-state index in [9.17, 15) is 4.79 Å². The van der Waals surface area contributed by atoms with Crippen molar-refractivity contribution >= 4 is 11.6 Å². The van der Waals surface area contributed by atoms with Gasteiger partial charge in [0, 0.05) is 51.5 Å². The lowest BCUT2D eigenvalue weighted by atomic mass is 10.1. The molecule has 1 aromatic rings. The lowest BCUT2D eigenvalue weighted by molar-refractivity contribution is -0.128. The summed E-state index contributed by atoms with van der Waals surface area (Å²) >= 11 is 0. The van der Waals surface area contributed by atoms with E-state index < -0.39 is 0 Å². The molecule has 2 heterocycles. The quantitative estimate of drug-likeness (QED) is 0.885. The van der Waals surface area contributed by atoms with Gasteiger partial charge in [-0.05, 0) is 31.4 Å². The molecule has 1 saturated heterocycles. The highest BCUT2D eigenvalue weighted by Gasteiger charge is 2.18. The zero-order chi connectivity index (χ0) is 14.7. The molecule has 2 rings (SSSR count). The molecule has 0 atom stereocenters. The van der Waals surface area contributed by atoms with Crippen LogP contribution in [0.1, 0.15) is 30.2 Å². The summed E-state index contributed by atoms with van der Waals surface area (Å²) in [6, 6.07) is 0. The number of pyridine rings is 1. The third-order valence-electron chi connectivity index (χ3n) is 4.08. The molecule has 0 radical (unpaired) electrons. The maximum Gasteiger partial charge on any atom is 0.219 e. The first-order valence-corrected chi connectivity index (χ1v) is 7.17. The predicted molar refractivity (Wildman–Crippen MR) is 80.3 cm³/mol. The van der Waals surface area contributed by atoms with Crippen LogP contribution in [-0.4, -0.2) is 46.9 Å². The Balaban J connectivity index is 2.04. The molecule has 5 heteroatoms. The standard InChI is InChI=1S/C15H24N4O/c1-11-9-17-14(12(2)15(11)16)10-18-5-4-6-19(8-7-18)13(3)20/h9H,4-8,10H2,1-3H3,(H2,16,17). The largest absolute Gasteiger partial charge is 0.398 e. The molecular formula is C15H24N4O. The van der Waals surface area contributed by atoms with Gasteiger partial charge in [-0.2, -0.15) is 0 Å². The Morgan fingerprint density at radius 2 is 2.05 bits per heavy atom. The first-order chi connectivity index (χ1) is 9.49. The van der Waals surface area contributed by atoms with Crippen molar-refractivity contribution < 1.29 is 4.79 Å². The molecule has 0 spiro atoms.